The molecule has 130 valence electrons. The largest absolute Gasteiger partial charge is 0.354 e. The van der Waals surface area contributed by atoms with Gasteiger partial charge in [0, 0.05) is 36.6 Å². The topological polar surface area (TPSA) is 41.1 Å². The molecule has 1 heterocycles. The number of hydrogen-bond acceptors (Lipinski definition) is 3. The molecular formula is C18H29ClN2OS. The lowest BCUT2D eigenvalue weighted by Crippen LogP contribution is -2.44. The number of nitrogens with one attached hydrogen (secondary N) is 2. The number of carbonyl (C=O) groups excluding carboxylic acids is 1. The van der Waals surface area contributed by atoms with Crippen molar-refractivity contribution in [3.05, 3.63) is 35.9 Å². The molecule has 2 N–H and O–H groups in total. The van der Waals surface area contributed by atoms with Crippen LogP contribution in [-0.2, 0) is 10.2 Å². The van der Waals surface area contributed by atoms with Crippen molar-refractivity contribution in [2.24, 2.45) is 0 Å². The van der Waals surface area contributed by atoms with E-state index in [2.05, 4.69) is 55.7 Å². The summed E-state index contributed by atoms with van der Waals surface area (Å²) in [6, 6.07) is 11.0. The van der Waals surface area contributed by atoms with Gasteiger partial charge in [-0.3, -0.25) is 4.79 Å². The Morgan fingerprint density at radius 2 is 2.09 bits per heavy atom. The molecule has 1 aromatic rings. The zero-order valence-electron chi connectivity index (χ0n) is 14.3. The van der Waals surface area contributed by atoms with E-state index in [-0.39, 0.29) is 29.8 Å². The summed E-state index contributed by atoms with van der Waals surface area (Å²) in [6.07, 6.45) is 1.53. The number of amides is 1. The average molecular weight is 357 g/mol. The fourth-order valence-corrected chi connectivity index (χ4v) is 4.08. The molecule has 1 saturated heterocycles. The Bertz CT molecular complexity index is 475. The van der Waals surface area contributed by atoms with Gasteiger partial charge in [-0.05, 0) is 24.3 Å². The minimum Gasteiger partial charge on any atom is -0.354 e. The van der Waals surface area contributed by atoms with E-state index in [0.29, 0.717) is 12.5 Å². The van der Waals surface area contributed by atoms with Crippen LogP contribution in [-0.4, -0.2) is 36.0 Å². The number of halogens is 1. The first-order valence-corrected chi connectivity index (χ1v) is 9.29. The van der Waals surface area contributed by atoms with Gasteiger partial charge in [-0.1, -0.05) is 44.2 Å². The lowest BCUT2D eigenvalue weighted by Gasteiger charge is -2.30. The Balaban J connectivity index is 0.00000264. The summed E-state index contributed by atoms with van der Waals surface area (Å²) in [7, 11) is 0. The van der Waals surface area contributed by atoms with Gasteiger partial charge in [0.25, 0.3) is 0 Å². The van der Waals surface area contributed by atoms with E-state index >= 15 is 0 Å². The molecule has 23 heavy (non-hydrogen) atoms. The van der Waals surface area contributed by atoms with Crippen molar-refractivity contribution >= 4 is 30.1 Å². The zero-order valence-corrected chi connectivity index (χ0v) is 15.9. The normalized spacial score (nSPS) is 19.5. The van der Waals surface area contributed by atoms with Crippen LogP contribution in [0.1, 0.15) is 39.2 Å². The van der Waals surface area contributed by atoms with Crippen molar-refractivity contribution < 1.29 is 4.79 Å². The average Bonchev–Trinajstić information content (AvgIpc) is 2.48. The lowest BCUT2D eigenvalue weighted by molar-refractivity contribution is -0.122. The Kier molecular flexibility index (Phi) is 8.45. The van der Waals surface area contributed by atoms with Crippen LogP contribution in [0.25, 0.3) is 0 Å². The number of hydrogen-bond donors (Lipinski definition) is 2. The van der Waals surface area contributed by atoms with Crippen molar-refractivity contribution in [2.75, 3.05) is 18.1 Å². The fraction of sp³-hybridized carbons (Fsp3) is 0.611. The first-order chi connectivity index (χ1) is 10.5. The van der Waals surface area contributed by atoms with Gasteiger partial charge in [-0.15, -0.1) is 12.4 Å². The van der Waals surface area contributed by atoms with E-state index in [1.165, 1.54) is 5.56 Å². The van der Waals surface area contributed by atoms with Gasteiger partial charge in [0.05, 0.1) is 0 Å². The molecule has 0 bridgehead atoms. The number of thioether (sulfide) groups is 1. The second-order valence-electron chi connectivity index (χ2n) is 6.85. The zero-order chi connectivity index (χ0) is 16.0. The molecule has 3 nitrogen and oxygen atoms in total. The Hall–Kier alpha value is -0.710. The second kappa shape index (κ2) is 9.55. The summed E-state index contributed by atoms with van der Waals surface area (Å²) in [6.45, 7) is 7.60. The third kappa shape index (κ3) is 6.74. The summed E-state index contributed by atoms with van der Waals surface area (Å²) in [5, 5.41) is 6.58. The summed E-state index contributed by atoms with van der Waals surface area (Å²) < 4.78 is 0. The molecule has 0 saturated carbocycles. The highest BCUT2D eigenvalue weighted by molar-refractivity contribution is 7.99. The van der Waals surface area contributed by atoms with Crippen LogP contribution >= 0.6 is 24.2 Å². The van der Waals surface area contributed by atoms with E-state index < -0.39 is 0 Å². The quantitative estimate of drug-likeness (QED) is 0.821. The van der Waals surface area contributed by atoms with Gasteiger partial charge < -0.3 is 10.6 Å². The minimum absolute atomic E-state index is 0. The molecule has 0 aromatic heterocycles. The number of carbonyl (C=O) groups is 1. The summed E-state index contributed by atoms with van der Waals surface area (Å²) in [5.74, 6) is 2.35. The predicted octanol–water partition coefficient (Wildman–Crippen LogP) is 3.38. The molecule has 2 atom stereocenters. The maximum Gasteiger partial charge on any atom is 0.221 e. The highest BCUT2D eigenvalue weighted by Crippen LogP contribution is 2.28. The third-order valence-electron chi connectivity index (χ3n) is 4.21. The molecular weight excluding hydrogens is 328 g/mol. The molecule has 1 fully saturated rings. The molecule has 0 radical (unpaired) electrons. The van der Waals surface area contributed by atoms with Crippen molar-refractivity contribution in [2.45, 2.75) is 51.1 Å². The first-order valence-electron chi connectivity index (χ1n) is 8.13. The van der Waals surface area contributed by atoms with E-state index in [1.807, 2.05) is 17.8 Å². The van der Waals surface area contributed by atoms with Crippen molar-refractivity contribution in [1.82, 2.24) is 10.6 Å². The Morgan fingerprint density at radius 1 is 1.39 bits per heavy atom. The second-order valence-corrected chi connectivity index (χ2v) is 8.00. The van der Waals surface area contributed by atoms with Gasteiger partial charge in [0.1, 0.15) is 0 Å². The van der Waals surface area contributed by atoms with Crippen molar-refractivity contribution in [1.29, 1.82) is 0 Å². The summed E-state index contributed by atoms with van der Waals surface area (Å²) in [5.41, 5.74) is 1.38. The molecule has 1 amide bonds. The minimum atomic E-state index is 0. The van der Waals surface area contributed by atoms with Gasteiger partial charge in [-0.2, -0.15) is 11.8 Å². The smallest absolute Gasteiger partial charge is 0.221 e. The van der Waals surface area contributed by atoms with Crippen LogP contribution < -0.4 is 10.6 Å². The molecule has 5 heteroatoms. The summed E-state index contributed by atoms with van der Waals surface area (Å²) in [4.78, 5) is 12.2. The van der Waals surface area contributed by atoms with Crippen LogP contribution in [0.5, 0.6) is 0 Å². The van der Waals surface area contributed by atoms with Gasteiger partial charge in [0.2, 0.25) is 5.91 Å². The van der Waals surface area contributed by atoms with Crippen LogP contribution in [0.15, 0.2) is 30.3 Å². The Labute approximate surface area is 150 Å². The highest BCUT2D eigenvalue weighted by atomic mass is 35.5. The maximum absolute atomic E-state index is 12.2. The Morgan fingerprint density at radius 3 is 2.70 bits per heavy atom. The van der Waals surface area contributed by atoms with Crippen molar-refractivity contribution in [3.63, 3.8) is 0 Å². The molecule has 2 rings (SSSR count). The maximum atomic E-state index is 12.2. The first kappa shape index (κ1) is 20.3. The standard InChI is InChI=1S/C18H28N2OS.ClH/c1-14(12-18(2,3)15-7-5-4-6-8-15)20-17(21)11-16-13-22-10-9-19-16;/h4-8,14,16,19H,9-13H2,1-3H3,(H,20,21);1H. The van der Waals surface area contributed by atoms with Gasteiger partial charge >= 0.3 is 0 Å². The van der Waals surface area contributed by atoms with Crippen LogP contribution in [0.4, 0.5) is 0 Å². The monoisotopic (exact) mass is 356 g/mol. The molecule has 1 aliphatic heterocycles. The molecule has 1 aliphatic rings. The molecule has 1 aromatic carbocycles. The highest BCUT2D eigenvalue weighted by Gasteiger charge is 2.24. The van der Waals surface area contributed by atoms with Gasteiger partial charge in [-0.25, -0.2) is 0 Å². The lowest BCUT2D eigenvalue weighted by atomic mass is 9.79. The SMILES string of the molecule is CC(CC(C)(C)c1ccccc1)NC(=O)CC1CSCCN1.Cl. The number of benzene rings is 1. The van der Waals surface area contributed by atoms with E-state index in [1.54, 1.807) is 0 Å². The fourth-order valence-electron chi connectivity index (χ4n) is 3.13. The summed E-state index contributed by atoms with van der Waals surface area (Å²) >= 11 is 1.93. The van der Waals surface area contributed by atoms with Crippen molar-refractivity contribution in [3.8, 4) is 0 Å². The third-order valence-corrected chi connectivity index (χ3v) is 5.34. The van der Waals surface area contributed by atoms with E-state index in [4.69, 9.17) is 0 Å². The van der Waals surface area contributed by atoms with E-state index in [9.17, 15) is 4.79 Å². The number of rotatable bonds is 6. The van der Waals surface area contributed by atoms with Gasteiger partial charge in [0.15, 0.2) is 0 Å². The van der Waals surface area contributed by atoms with Crippen LogP contribution in [0.2, 0.25) is 0 Å². The molecule has 0 spiro atoms. The molecule has 2 unspecified atom stereocenters. The van der Waals surface area contributed by atoms with Crippen LogP contribution in [0, 0.1) is 0 Å². The predicted molar refractivity (Wildman–Crippen MR) is 103 cm³/mol. The van der Waals surface area contributed by atoms with E-state index in [0.717, 1.165) is 24.5 Å². The molecule has 0 aliphatic carbocycles. The van der Waals surface area contributed by atoms with Crippen LogP contribution in [0.3, 0.4) is 0 Å².